The molecule has 1 aromatic rings. The van der Waals surface area contributed by atoms with Crippen LogP contribution in [0.5, 0.6) is 0 Å². The Morgan fingerprint density at radius 1 is 1.05 bits per heavy atom. The van der Waals surface area contributed by atoms with E-state index in [0.717, 1.165) is 32.6 Å². The molecule has 1 rings (SSSR count). The van der Waals surface area contributed by atoms with E-state index in [0.29, 0.717) is 13.0 Å². The molecular formula is C15H24F2N2. The van der Waals surface area contributed by atoms with Gasteiger partial charge in [-0.3, -0.25) is 0 Å². The van der Waals surface area contributed by atoms with Crippen molar-refractivity contribution in [3.8, 4) is 0 Å². The smallest absolute Gasteiger partial charge is 0.129 e. The van der Waals surface area contributed by atoms with E-state index >= 15 is 0 Å². The monoisotopic (exact) mass is 270 g/mol. The van der Waals surface area contributed by atoms with Crippen LogP contribution in [0.4, 0.5) is 8.78 Å². The molecule has 2 nitrogen and oxygen atoms in total. The summed E-state index contributed by atoms with van der Waals surface area (Å²) in [5.74, 6) is -0.908. The van der Waals surface area contributed by atoms with Crippen molar-refractivity contribution >= 4 is 0 Å². The molecule has 0 aliphatic rings. The highest BCUT2D eigenvalue weighted by Crippen LogP contribution is 2.11. The molecule has 0 bridgehead atoms. The molecule has 0 atom stereocenters. The highest BCUT2D eigenvalue weighted by molar-refractivity contribution is 5.19. The van der Waals surface area contributed by atoms with Gasteiger partial charge in [0.25, 0.3) is 0 Å². The van der Waals surface area contributed by atoms with Gasteiger partial charge in [0.05, 0.1) is 0 Å². The SMILES string of the molecule is CCN(CC)CCCNCCc1c(F)cccc1F. The highest BCUT2D eigenvalue weighted by atomic mass is 19.1. The second-order valence-corrected chi connectivity index (χ2v) is 4.58. The Balaban J connectivity index is 2.17. The maximum atomic E-state index is 13.3. The maximum Gasteiger partial charge on any atom is 0.129 e. The third kappa shape index (κ3) is 5.66. The van der Waals surface area contributed by atoms with Gasteiger partial charge in [-0.1, -0.05) is 19.9 Å². The summed E-state index contributed by atoms with van der Waals surface area (Å²) in [6.07, 6.45) is 1.45. The van der Waals surface area contributed by atoms with Crippen molar-refractivity contribution in [3.63, 3.8) is 0 Å². The van der Waals surface area contributed by atoms with Crippen molar-refractivity contribution < 1.29 is 8.78 Å². The van der Waals surface area contributed by atoms with Gasteiger partial charge in [-0.15, -0.1) is 0 Å². The molecule has 1 aromatic carbocycles. The highest BCUT2D eigenvalue weighted by Gasteiger charge is 2.07. The summed E-state index contributed by atoms with van der Waals surface area (Å²) in [5.41, 5.74) is 0.179. The van der Waals surface area contributed by atoms with E-state index in [1.807, 2.05) is 0 Å². The molecule has 1 N–H and O–H groups in total. The van der Waals surface area contributed by atoms with Crippen LogP contribution in [-0.2, 0) is 6.42 Å². The van der Waals surface area contributed by atoms with Crippen molar-refractivity contribution in [3.05, 3.63) is 35.4 Å². The first kappa shape index (κ1) is 16.1. The van der Waals surface area contributed by atoms with Crippen molar-refractivity contribution in [1.82, 2.24) is 10.2 Å². The quantitative estimate of drug-likeness (QED) is 0.694. The molecule has 0 spiro atoms. The van der Waals surface area contributed by atoms with E-state index in [4.69, 9.17) is 0 Å². The van der Waals surface area contributed by atoms with E-state index in [1.54, 1.807) is 0 Å². The third-order valence-electron chi connectivity index (χ3n) is 3.34. The fraction of sp³-hybridized carbons (Fsp3) is 0.600. The molecule has 19 heavy (non-hydrogen) atoms. The predicted molar refractivity (Wildman–Crippen MR) is 75.3 cm³/mol. The Hall–Kier alpha value is -1.00. The molecule has 4 heteroatoms. The van der Waals surface area contributed by atoms with Gasteiger partial charge in [-0.2, -0.15) is 0 Å². The van der Waals surface area contributed by atoms with Crippen LogP contribution in [0.1, 0.15) is 25.8 Å². The zero-order valence-corrected chi connectivity index (χ0v) is 11.9. The molecule has 108 valence electrons. The normalized spacial score (nSPS) is 11.2. The van der Waals surface area contributed by atoms with Gasteiger partial charge in [0.2, 0.25) is 0 Å². The molecule has 0 fully saturated rings. The summed E-state index contributed by atoms with van der Waals surface area (Å²) >= 11 is 0. The van der Waals surface area contributed by atoms with Crippen LogP contribution >= 0.6 is 0 Å². The average molecular weight is 270 g/mol. The molecular weight excluding hydrogens is 246 g/mol. The Morgan fingerprint density at radius 2 is 1.68 bits per heavy atom. The number of nitrogens with zero attached hydrogens (tertiary/aromatic N) is 1. The lowest BCUT2D eigenvalue weighted by molar-refractivity contribution is 0.298. The summed E-state index contributed by atoms with van der Waals surface area (Å²) in [4.78, 5) is 2.36. The molecule has 0 aliphatic carbocycles. The average Bonchev–Trinajstić information content (AvgIpc) is 2.41. The van der Waals surface area contributed by atoms with Gasteiger partial charge in [-0.25, -0.2) is 8.78 Å². The van der Waals surface area contributed by atoms with Crippen molar-refractivity contribution in [2.75, 3.05) is 32.7 Å². The Labute approximate surface area is 114 Å². The van der Waals surface area contributed by atoms with Gasteiger partial charge >= 0.3 is 0 Å². The van der Waals surface area contributed by atoms with E-state index in [1.165, 1.54) is 18.2 Å². The topological polar surface area (TPSA) is 15.3 Å². The molecule has 0 aromatic heterocycles. The maximum absolute atomic E-state index is 13.3. The van der Waals surface area contributed by atoms with Crippen LogP contribution in [0.25, 0.3) is 0 Å². The number of benzene rings is 1. The lowest BCUT2D eigenvalue weighted by atomic mass is 10.1. The summed E-state index contributed by atoms with van der Waals surface area (Å²) in [5, 5.41) is 3.23. The van der Waals surface area contributed by atoms with Crippen LogP contribution < -0.4 is 5.32 Å². The van der Waals surface area contributed by atoms with E-state index < -0.39 is 11.6 Å². The summed E-state index contributed by atoms with van der Waals surface area (Å²) < 4.78 is 26.7. The third-order valence-corrected chi connectivity index (χ3v) is 3.34. The van der Waals surface area contributed by atoms with Crippen LogP contribution in [-0.4, -0.2) is 37.6 Å². The van der Waals surface area contributed by atoms with Crippen LogP contribution in [0.2, 0.25) is 0 Å². The Bertz CT molecular complexity index is 345. The first-order chi connectivity index (χ1) is 9.19. The zero-order valence-electron chi connectivity index (χ0n) is 11.9. The number of nitrogens with one attached hydrogen (secondary N) is 1. The predicted octanol–water partition coefficient (Wildman–Crippen LogP) is 2.83. The first-order valence-corrected chi connectivity index (χ1v) is 7.05. The minimum atomic E-state index is -0.454. The second-order valence-electron chi connectivity index (χ2n) is 4.58. The van der Waals surface area contributed by atoms with Gasteiger partial charge < -0.3 is 10.2 Å². The minimum absolute atomic E-state index is 0.179. The van der Waals surface area contributed by atoms with Crippen molar-refractivity contribution in [1.29, 1.82) is 0 Å². The van der Waals surface area contributed by atoms with Gasteiger partial charge in [0.1, 0.15) is 11.6 Å². The number of hydrogen-bond donors (Lipinski definition) is 1. The number of halogens is 2. The fourth-order valence-corrected chi connectivity index (χ4v) is 2.08. The number of rotatable bonds is 9. The zero-order chi connectivity index (χ0) is 14.1. The summed E-state index contributed by atoms with van der Waals surface area (Å²) in [7, 11) is 0. The largest absolute Gasteiger partial charge is 0.316 e. The lowest BCUT2D eigenvalue weighted by Gasteiger charge is -2.17. The number of hydrogen-bond acceptors (Lipinski definition) is 2. The Morgan fingerprint density at radius 3 is 2.26 bits per heavy atom. The van der Waals surface area contributed by atoms with Gasteiger partial charge in [0, 0.05) is 5.56 Å². The lowest BCUT2D eigenvalue weighted by Crippen LogP contribution is -2.28. The van der Waals surface area contributed by atoms with Crippen LogP contribution in [0.3, 0.4) is 0 Å². The van der Waals surface area contributed by atoms with E-state index in [-0.39, 0.29) is 5.56 Å². The first-order valence-electron chi connectivity index (χ1n) is 7.05. The summed E-state index contributed by atoms with van der Waals surface area (Å²) in [6.45, 7) is 8.99. The standard InChI is InChI=1S/C15H24F2N2/c1-3-19(4-2)12-6-10-18-11-9-13-14(16)7-5-8-15(13)17/h5,7-8,18H,3-4,6,9-12H2,1-2H3. The van der Waals surface area contributed by atoms with Crippen LogP contribution in [0, 0.1) is 11.6 Å². The fourth-order valence-electron chi connectivity index (χ4n) is 2.08. The molecule has 0 aliphatic heterocycles. The van der Waals surface area contributed by atoms with Crippen LogP contribution in [0.15, 0.2) is 18.2 Å². The molecule has 0 unspecified atom stereocenters. The molecule has 0 amide bonds. The minimum Gasteiger partial charge on any atom is -0.316 e. The van der Waals surface area contributed by atoms with E-state index in [9.17, 15) is 8.78 Å². The van der Waals surface area contributed by atoms with Gasteiger partial charge in [-0.05, 0) is 57.7 Å². The Kier molecular flexibility index (Phi) is 7.60. The summed E-state index contributed by atoms with van der Waals surface area (Å²) in [6, 6.07) is 4.00. The molecule has 0 heterocycles. The molecule has 0 saturated carbocycles. The molecule has 0 radical (unpaired) electrons. The van der Waals surface area contributed by atoms with Gasteiger partial charge in [0.15, 0.2) is 0 Å². The van der Waals surface area contributed by atoms with Crippen molar-refractivity contribution in [2.45, 2.75) is 26.7 Å². The van der Waals surface area contributed by atoms with E-state index in [2.05, 4.69) is 24.1 Å². The second kappa shape index (κ2) is 8.99. The molecule has 0 saturated heterocycles. The van der Waals surface area contributed by atoms with Crippen molar-refractivity contribution in [2.24, 2.45) is 0 Å².